The number of aryl methyl sites for hydroxylation is 4. The summed E-state index contributed by atoms with van der Waals surface area (Å²) in [5.74, 6) is 1.65. The summed E-state index contributed by atoms with van der Waals surface area (Å²) in [7, 11) is 7.28. The largest absolute Gasteiger partial charge is 0.497 e. The van der Waals surface area contributed by atoms with Gasteiger partial charge in [0.1, 0.15) is 23.2 Å². The van der Waals surface area contributed by atoms with Crippen molar-refractivity contribution < 1.29 is 33.5 Å². The van der Waals surface area contributed by atoms with Crippen LogP contribution in [0.15, 0.2) is 224 Å². The summed E-state index contributed by atoms with van der Waals surface area (Å²) in [4.78, 5) is 90.5. The lowest BCUT2D eigenvalue weighted by Gasteiger charge is -2.11. The number of para-hydroxylation sites is 9. The molecule has 0 aliphatic heterocycles. The molecular weight excluding hydrogens is 1090 g/mol. The van der Waals surface area contributed by atoms with Crippen molar-refractivity contribution in [3.63, 3.8) is 0 Å². The highest BCUT2D eigenvalue weighted by atomic mass is 16.5. The number of nitrogens with zero attached hydrogens (tertiary/aromatic N) is 6. The van der Waals surface area contributed by atoms with Crippen LogP contribution in [0.1, 0.15) is 85.2 Å². The highest BCUT2D eigenvalue weighted by Gasteiger charge is 2.21. The van der Waals surface area contributed by atoms with Crippen LogP contribution >= 0.6 is 0 Å². The van der Waals surface area contributed by atoms with Crippen LogP contribution in [0.4, 0.5) is 17.1 Å². The van der Waals surface area contributed by atoms with Gasteiger partial charge in [0.25, 0.3) is 17.7 Å². The van der Waals surface area contributed by atoms with Gasteiger partial charge < -0.3 is 34.4 Å². The molecule has 3 N–H and O–H groups in total. The number of nitrogens with one attached hydrogen (secondary N) is 3. The number of hydrogen-bond acceptors (Lipinski definition) is 10. The highest BCUT2D eigenvalue weighted by Crippen LogP contribution is 2.25. The number of benzene rings is 9. The molecule has 0 bridgehead atoms. The van der Waals surface area contributed by atoms with Gasteiger partial charge in [-0.2, -0.15) is 0 Å². The molecule has 9 aromatic carbocycles. The molecular formula is C71H61N9O7. The zero-order valence-electron chi connectivity index (χ0n) is 48.5. The fourth-order valence-electron chi connectivity index (χ4n) is 9.90. The topological polar surface area (TPSA) is 201 Å². The van der Waals surface area contributed by atoms with Crippen LogP contribution in [-0.4, -0.2) is 70.8 Å². The van der Waals surface area contributed by atoms with E-state index in [1.165, 1.54) is 0 Å². The molecule has 0 radical (unpaired) electrons. The Hall–Kier alpha value is -11.4. The van der Waals surface area contributed by atoms with E-state index in [4.69, 9.17) is 4.74 Å². The number of fused-ring (bicyclic) bond motifs is 3. The standard InChI is InChI=1S/C24H21N3O3.C24H21N3O2.C23H19N3O2/c1-27-21-10-6-5-9-20(21)25-23(27)15-22(28)18-7-3-4-8-19(18)26-24(29)16-11-13-17(30-2)14-12-16;1-16-11-13-17(14-12-16)24(29)26-19-8-4-3-7-18(19)22(28)15-23-25-20-9-5-6-10-21(20)27(23)2;1-26-20-14-8-7-13-19(20)24-22(26)15-21(27)17-11-5-6-12-18(17)25-23(28)16-9-3-2-4-10-16/h3-14H,15H2,1-2H3,(H,26,29);3-14H,15H2,1-2H3,(H,26,29);2-14H,15H2,1H3,(H,25,28). The van der Waals surface area contributed by atoms with Crippen molar-refractivity contribution in [1.29, 1.82) is 0 Å². The minimum atomic E-state index is -0.291. The van der Waals surface area contributed by atoms with Crippen molar-refractivity contribution in [3.05, 3.63) is 281 Å². The first kappa shape index (κ1) is 58.8. The predicted molar refractivity (Wildman–Crippen MR) is 340 cm³/mol. The number of carbonyl (C=O) groups is 6. The summed E-state index contributed by atoms with van der Waals surface area (Å²) in [5.41, 5.74) is 11.0. The second-order valence-corrected chi connectivity index (χ2v) is 20.5. The molecule has 0 spiro atoms. The van der Waals surface area contributed by atoms with Gasteiger partial charge in [-0.25, -0.2) is 15.0 Å². The third-order valence-electron chi connectivity index (χ3n) is 14.7. The maximum absolute atomic E-state index is 13.0. The van der Waals surface area contributed by atoms with Gasteiger partial charge in [-0.05, 0) is 128 Å². The van der Waals surface area contributed by atoms with Gasteiger partial charge in [0, 0.05) is 54.5 Å². The summed E-state index contributed by atoms with van der Waals surface area (Å²) in [5, 5.41) is 8.56. The van der Waals surface area contributed by atoms with Crippen LogP contribution < -0.4 is 20.7 Å². The van der Waals surface area contributed by atoms with Gasteiger partial charge in [0.2, 0.25) is 0 Å². The van der Waals surface area contributed by atoms with E-state index in [1.54, 1.807) is 141 Å². The predicted octanol–water partition coefficient (Wildman–Crippen LogP) is 13.1. The first-order valence-electron chi connectivity index (χ1n) is 28.0. The molecule has 16 nitrogen and oxygen atoms in total. The number of carbonyl (C=O) groups excluding carboxylic acids is 6. The Kier molecular flexibility index (Phi) is 18.2. The minimum Gasteiger partial charge on any atom is -0.497 e. The lowest BCUT2D eigenvalue weighted by Crippen LogP contribution is -2.16. The molecule has 3 aromatic heterocycles. The summed E-state index contributed by atoms with van der Waals surface area (Å²) >= 11 is 0. The van der Waals surface area contributed by atoms with E-state index < -0.39 is 0 Å². The third kappa shape index (κ3) is 13.8. The summed E-state index contributed by atoms with van der Waals surface area (Å²) in [6.07, 6.45) is 0.451. The van der Waals surface area contributed by atoms with E-state index in [9.17, 15) is 28.8 Å². The van der Waals surface area contributed by atoms with E-state index in [0.717, 1.165) is 38.7 Å². The molecule has 0 atom stereocenters. The molecule has 0 aliphatic carbocycles. The number of ether oxygens (including phenoxy) is 1. The van der Waals surface area contributed by atoms with E-state index in [-0.39, 0.29) is 54.3 Å². The van der Waals surface area contributed by atoms with E-state index in [0.29, 0.717) is 73.7 Å². The number of imidazole rings is 3. The second kappa shape index (κ2) is 26.9. The third-order valence-corrected chi connectivity index (χ3v) is 14.7. The van der Waals surface area contributed by atoms with Crippen molar-refractivity contribution >= 4 is 85.2 Å². The number of methoxy groups -OCH3 is 1. The van der Waals surface area contributed by atoms with Gasteiger partial charge in [0.05, 0.1) is 76.5 Å². The van der Waals surface area contributed by atoms with Crippen molar-refractivity contribution in [1.82, 2.24) is 28.7 Å². The van der Waals surface area contributed by atoms with Gasteiger partial charge >= 0.3 is 0 Å². The molecule has 0 unspecified atom stereocenters. The average Bonchev–Trinajstić information content (AvgIpc) is 4.32. The average molecular weight is 1150 g/mol. The number of hydrogen-bond donors (Lipinski definition) is 3. The zero-order valence-corrected chi connectivity index (χ0v) is 48.5. The Bertz CT molecular complexity index is 4510. The van der Waals surface area contributed by atoms with E-state index in [1.807, 2.05) is 133 Å². The van der Waals surface area contributed by atoms with E-state index >= 15 is 0 Å². The van der Waals surface area contributed by atoms with Crippen molar-refractivity contribution in [3.8, 4) is 5.75 Å². The maximum Gasteiger partial charge on any atom is 0.255 e. The number of amides is 3. The molecule has 12 rings (SSSR count). The molecule has 0 fully saturated rings. The van der Waals surface area contributed by atoms with Crippen LogP contribution in [0.3, 0.4) is 0 Å². The normalized spacial score (nSPS) is 10.8. The highest BCUT2D eigenvalue weighted by molar-refractivity contribution is 6.12. The smallest absolute Gasteiger partial charge is 0.255 e. The number of rotatable bonds is 16. The lowest BCUT2D eigenvalue weighted by molar-refractivity contribution is 0.0980. The SMILES string of the molecule is COc1ccc(C(=O)Nc2ccccc2C(=O)Cc2nc3ccccc3n2C)cc1.Cc1ccc(C(=O)Nc2ccccc2C(=O)Cc2nc3ccccc3n2C)cc1.Cn1c(CC(=O)c2ccccc2NC(=O)c2ccccc2)nc2ccccc21. The van der Waals surface area contributed by atoms with Gasteiger partial charge in [-0.15, -0.1) is 0 Å². The Morgan fingerprint density at radius 1 is 0.356 bits per heavy atom. The first-order valence-corrected chi connectivity index (χ1v) is 28.0. The molecule has 12 aromatic rings. The van der Waals surface area contributed by atoms with Crippen LogP contribution in [-0.2, 0) is 40.4 Å². The van der Waals surface area contributed by atoms with Crippen LogP contribution in [0.25, 0.3) is 33.1 Å². The maximum atomic E-state index is 13.0. The van der Waals surface area contributed by atoms with Crippen molar-refractivity contribution in [2.75, 3.05) is 23.1 Å². The molecule has 87 heavy (non-hydrogen) atoms. The summed E-state index contributed by atoms with van der Waals surface area (Å²) in [6.45, 7) is 1.97. The molecule has 0 aliphatic rings. The monoisotopic (exact) mass is 1150 g/mol. The molecule has 432 valence electrons. The van der Waals surface area contributed by atoms with Gasteiger partial charge in [-0.3, -0.25) is 28.8 Å². The summed E-state index contributed by atoms with van der Waals surface area (Å²) in [6, 6.07) is 67.5. The minimum absolute atomic E-state index is 0.0942. The first-order chi connectivity index (χ1) is 42.2. The summed E-state index contributed by atoms with van der Waals surface area (Å²) < 4.78 is 10.9. The van der Waals surface area contributed by atoms with Crippen LogP contribution in [0.5, 0.6) is 5.75 Å². The fraction of sp³-hybridized carbons (Fsp3) is 0.113. The zero-order chi connectivity index (χ0) is 61.0. The number of anilines is 3. The molecule has 3 heterocycles. The van der Waals surface area contributed by atoms with Gasteiger partial charge in [0.15, 0.2) is 17.3 Å². The van der Waals surface area contributed by atoms with Crippen molar-refractivity contribution in [2.24, 2.45) is 21.1 Å². The Morgan fingerprint density at radius 3 is 0.977 bits per heavy atom. The number of aromatic nitrogens is 6. The van der Waals surface area contributed by atoms with Gasteiger partial charge in [-0.1, -0.05) is 109 Å². The fourth-order valence-corrected chi connectivity index (χ4v) is 9.90. The molecule has 0 saturated carbocycles. The van der Waals surface area contributed by atoms with Crippen molar-refractivity contribution in [2.45, 2.75) is 26.2 Å². The number of ketones is 3. The molecule has 16 heteroatoms. The lowest BCUT2D eigenvalue weighted by atomic mass is 10.0. The Morgan fingerprint density at radius 2 is 0.644 bits per heavy atom. The van der Waals surface area contributed by atoms with Crippen LogP contribution in [0, 0.1) is 6.92 Å². The van der Waals surface area contributed by atoms with Crippen LogP contribution in [0.2, 0.25) is 0 Å². The van der Waals surface area contributed by atoms with E-state index in [2.05, 4.69) is 30.9 Å². The Labute approximate surface area is 502 Å². The Balaban J connectivity index is 0.000000145. The molecule has 3 amide bonds. The number of Topliss-reactive ketones (excluding diaryl/α,β-unsaturated/α-hetero) is 3. The quantitative estimate of drug-likeness (QED) is 0.0782. The second-order valence-electron chi connectivity index (χ2n) is 20.5. The molecule has 0 saturated heterocycles.